The smallest absolute Gasteiger partial charge is 0.323 e. The van der Waals surface area contributed by atoms with E-state index in [1.54, 1.807) is 0 Å². The summed E-state index contributed by atoms with van der Waals surface area (Å²) in [5.41, 5.74) is -4.10. The second-order valence-electron chi connectivity index (χ2n) is 6.29. The highest BCUT2D eigenvalue weighted by Crippen LogP contribution is 2.50. The number of hydrogen-bond donors (Lipinski definition) is 1. The van der Waals surface area contributed by atoms with Crippen LogP contribution in [0.25, 0.3) is 0 Å². The van der Waals surface area contributed by atoms with Gasteiger partial charge in [-0.05, 0) is 17.0 Å². The van der Waals surface area contributed by atoms with E-state index in [1.165, 1.54) is 20.8 Å². The maximum Gasteiger partial charge on any atom is 0.417 e. The Labute approximate surface area is 131 Å². The van der Waals surface area contributed by atoms with Crippen molar-refractivity contribution in [3.63, 3.8) is 0 Å². The normalized spacial score (nSPS) is 15.5. The van der Waals surface area contributed by atoms with Gasteiger partial charge in [0, 0.05) is 6.04 Å². The Bertz CT molecular complexity index is 603. The molecule has 1 rings (SSSR count). The van der Waals surface area contributed by atoms with Gasteiger partial charge in [-0.2, -0.15) is 39.5 Å². The highest BCUT2D eigenvalue weighted by atomic mass is 19.4. The Balaban J connectivity index is 3.98. The van der Waals surface area contributed by atoms with Gasteiger partial charge in [0.2, 0.25) is 0 Å². The summed E-state index contributed by atoms with van der Waals surface area (Å²) in [5.74, 6) is 0. The lowest BCUT2D eigenvalue weighted by atomic mass is 9.79. The van der Waals surface area contributed by atoms with Gasteiger partial charge in [0.1, 0.15) is 0 Å². The van der Waals surface area contributed by atoms with Gasteiger partial charge in [-0.1, -0.05) is 26.8 Å². The number of benzene rings is 1. The molecule has 1 unspecified atom stereocenters. The molecule has 0 aliphatic rings. The van der Waals surface area contributed by atoms with Gasteiger partial charge in [0.15, 0.2) is 0 Å². The van der Waals surface area contributed by atoms with E-state index in [9.17, 15) is 39.5 Å². The maximum absolute atomic E-state index is 13.2. The van der Waals surface area contributed by atoms with Crippen molar-refractivity contribution < 1.29 is 39.5 Å². The molecule has 0 saturated heterocycles. The van der Waals surface area contributed by atoms with Crippen LogP contribution < -0.4 is 5.73 Å². The van der Waals surface area contributed by atoms with Gasteiger partial charge >= 0.3 is 18.5 Å². The molecule has 1 atom stereocenters. The van der Waals surface area contributed by atoms with E-state index in [4.69, 9.17) is 5.73 Å². The van der Waals surface area contributed by atoms with Crippen LogP contribution in [0.4, 0.5) is 39.5 Å². The van der Waals surface area contributed by atoms with Gasteiger partial charge in [-0.25, -0.2) is 0 Å². The molecule has 0 bridgehead atoms. The number of rotatable bonds is 1. The summed E-state index contributed by atoms with van der Waals surface area (Å²) in [6.07, 6.45) is -17.1. The zero-order chi connectivity index (χ0) is 19.3. The second kappa shape index (κ2) is 5.82. The molecule has 0 aliphatic carbocycles. The molecule has 1 aromatic carbocycles. The SMILES string of the molecule is CC(C)(C)C(N)c1ccc(C(F)(F)F)c(C(F)(F)F)c1C(F)(F)F. The van der Waals surface area contributed by atoms with Crippen LogP contribution >= 0.6 is 0 Å². The van der Waals surface area contributed by atoms with Crippen molar-refractivity contribution in [2.75, 3.05) is 0 Å². The summed E-state index contributed by atoms with van der Waals surface area (Å²) in [6, 6.07) is -1.21. The molecule has 2 N–H and O–H groups in total. The molecule has 0 amide bonds. The largest absolute Gasteiger partial charge is 0.417 e. The van der Waals surface area contributed by atoms with E-state index in [1.807, 2.05) is 0 Å². The van der Waals surface area contributed by atoms with Crippen LogP contribution in [-0.2, 0) is 18.5 Å². The molecular weight excluding hydrogens is 353 g/mol. The molecule has 1 nitrogen and oxygen atoms in total. The van der Waals surface area contributed by atoms with Crippen molar-refractivity contribution in [2.24, 2.45) is 11.1 Å². The molecular formula is C14H14F9N. The van der Waals surface area contributed by atoms with E-state index >= 15 is 0 Å². The van der Waals surface area contributed by atoms with Crippen LogP contribution in [0.5, 0.6) is 0 Å². The molecule has 0 aliphatic heterocycles. The summed E-state index contributed by atoms with van der Waals surface area (Å²) >= 11 is 0. The number of alkyl halides is 9. The first-order valence-corrected chi connectivity index (χ1v) is 6.52. The third kappa shape index (κ3) is 4.14. The zero-order valence-corrected chi connectivity index (χ0v) is 12.7. The summed E-state index contributed by atoms with van der Waals surface area (Å²) in [7, 11) is 0. The predicted molar refractivity (Wildman–Crippen MR) is 67.8 cm³/mol. The minimum Gasteiger partial charge on any atom is -0.323 e. The third-order valence-corrected chi connectivity index (χ3v) is 3.38. The molecule has 0 saturated carbocycles. The van der Waals surface area contributed by atoms with Gasteiger partial charge in [0.25, 0.3) is 0 Å². The molecule has 0 heterocycles. The average molecular weight is 367 g/mol. The van der Waals surface area contributed by atoms with Crippen LogP contribution in [0, 0.1) is 5.41 Å². The van der Waals surface area contributed by atoms with Crippen molar-refractivity contribution >= 4 is 0 Å². The lowest BCUT2D eigenvalue weighted by molar-refractivity contribution is -0.175. The summed E-state index contributed by atoms with van der Waals surface area (Å²) < 4.78 is 117. The molecule has 10 heteroatoms. The van der Waals surface area contributed by atoms with Crippen molar-refractivity contribution in [2.45, 2.75) is 45.3 Å². The maximum atomic E-state index is 13.2. The van der Waals surface area contributed by atoms with Gasteiger partial charge in [0.05, 0.1) is 16.7 Å². The Morgan fingerprint density at radius 3 is 1.42 bits per heavy atom. The lowest BCUT2D eigenvalue weighted by Crippen LogP contribution is -2.32. The van der Waals surface area contributed by atoms with Gasteiger partial charge in [-0.3, -0.25) is 0 Å². The first-order chi connectivity index (χ1) is 10.4. The van der Waals surface area contributed by atoms with E-state index in [0.717, 1.165) is 0 Å². The molecule has 0 aromatic heterocycles. The topological polar surface area (TPSA) is 26.0 Å². The van der Waals surface area contributed by atoms with E-state index < -0.39 is 52.2 Å². The molecule has 24 heavy (non-hydrogen) atoms. The van der Waals surface area contributed by atoms with Crippen LogP contribution in [-0.4, -0.2) is 0 Å². The van der Waals surface area contributed by atoms with Crippen LogP contribution in [0.15, 0.2) is 12.1 Å². The fourth-order valence-electron chi connectivity index (χ4n) is 2.18. The van der Waals surface area contributed by atoms with E-state index in [2.05, 4.69) is 0 Å². The van der Waals surface area contributed by atoms with Crippen molar-refractivity contribution in [3.05, 3.63) is 34.4 Å². The van der Waals surface area contributed by atoms with E-state index in [0.29, 0.717) is 6.07 Å². The van der Waals surface area contributed by atoms with Crippen molar-refractivity contribution in [3.8, 4) is 0 Å². The van der Waals surface area contributed by atoms with Crippen LogP contribution in [0.3, 0.4) is 0 Å². The van der Waals surface area contributed by atoms with Crippen LogP contribution in [0.1, 0.15) is 49.1 Å². The average Bonchev–Trinajstić information content (AvgIpc) is 2.31. The van der Waals surface area contributed by atoms with Crippen molar-refractivity contribution in [1.82, 2.24) is 0 Å². The van der Waals surface area contributed by atoms with Crippen molar-refractivity contribution in [1.29, 1.82) is 0 Å². The zero-order valence-electron chi connectivity index (χ0n) is 12.7. The highest BCUT2D eigenvalue weighted by Gasteiger charge is 2.52. The fraction of sp³-hybridized carbons (Fsp3) is 0.571. The minimum atomic E-state index is -5.86. The van der Waals surface area contributed by atoms with Gasteiger partial charge in [-0.15, -0.1) is 0 Å². The standard InChI is InChI=1S/C14H14F9N/c1-11(2,3)10(24)6-4-5-7(12(15,16)17)9(14(21,22)23)8(6)13(18,19)20/h4-5,10H,24H2,1-3H3. The summed E-state index contributed by atoms with van der Waals surface area (Å²) in [4.78, 5) is 0. The monoisotopic (exact) mass is 367 g/mol. The number of hydrogen-bond acceptors (Lipinski definition) is 1. The molecule has 0 radical (unpaired) electrons. The number of nitrogens with two attached hydrogens (primary N) is 1. The highest BCUT2D eigenvalue weighted by molar-refractivity contribution is 5.47. The molecule has 138 valence electrons. The molecule has 0 spiro atoms. The number of halogens is 9. The summed E-state index contributed by atoms with van der Waals surface area (Å²) in [6.45, 7) is 4.09. The third-order valence-electron chi connectivity index (χ3n) is 3.38. The Morgan fingerprint density at radius 2 is 1.12 bits per heavy atom. The van der Waals surface area contributed by atoms with Gasteiger partial charge < -0.3 is 5.73 Å². The first kappa shape index (κ1) is 20.6. The molecule has 1 aromatic rings. The first-order valence-electron chi connectivity index (χ1n) is 6.52. The summed E-state index contributed by atoms with van der Waals surface area (Å²) in [5, 5.41) is 0. The Kier molecular flexibility index (Phi) is 4.99. The lowest BCUT2D eigenvalue weighted by Gasteiger charge is -2.31. The minimum absolute atomic E-state index is 0.0149. The fourth-order valence-corrected chi connectivity index (χ4v) is 2.18. The second-order valence-corrected chi connectivity index (χ2v) is 6.29. The predicted octanol–water partition coefficient (Wildman–Crippen LogP) is 5.79. The molecule has 0 fully saturated rings. The van der Waals surface area contributed by atoms with E-state index in [-0.39, 0.29) is 6.07 Å². The Hall–Kier alpha value is -1.45. The van der Waals surface area contributed by atoms with Crippen LogP contribution in [0.2, 0.25) is 0 Å². The quantitative estimate of drug-likeness (QED) is 0.625. The Morgan fingerprint density at radius 1 is 0.708 bits per heavy atom.